The van der Waals surface area contributed by atoms with Crippen molar-refractivity contribution in [3.8, 4) is 0 Å². The highest BCUT2D eigenvalue weighted by Gasteiger charge is 2.43. The molecule has 1 N–H and O–H groups in total. The van der Waals surface area contributed by atoms with Crippen LogP contribution in [-0.2, 0) is 32.6 Å². The minimum atomic E-state index is -4.70. The number of phosphoric acid groups is 1. The highest BCUT2D eigenvalue weighted by Crippen LogP contribution is 2.44. The van der Waals surface area contributed by atoms with Gasteiger partial charge in [0.2, 0.25) is 0 Å². The molecule has 0 aromatic heterocycles. The zero-order valence-electron chi connectivity index (χ0n) is 16.6. The molecule has 2 rings (SSSR count). The number of hydrogen-bond donors (Lipinski definition) is 1. The van der Waals surface area contributed by atoms with Crippen molar-refractivity contribution in [2.45, 2.75) is 88.9 Å². The Labute approximate surface area is 168 Å². The number of phosphoric ester groups is 1. The third-order valence-electron chi connectivity index (χ3n) is 4.28. The van der Waals surface area contributed by atoms with E-state index in [9.17, 15) is 14.6 Å². The first-order valence-electron chi connectivity index (χ1n) is 9.39. The predicted octanol–water partition coefficient (Wildman–Crippen LogP) is -0.387. The van der Waals surface area contributed by atoms with E-state index in [1.807, 2.05) is 13.8 Å². The van der Waals surface area contributed by atoms with E-state index < -0.39 is 57.0 Å². The fourth-order valence-electron chi connectivity index (χ4n) is 3.04. The smallest absolute Gasteiger partial charge is 0.268 e. The molecule has 0 amide bonds. The van der Waals surface area contributed by atoms with E-state index in [0.29, 0.717) is 0 Å². The van der Waals surface area contributed by atoms with Crippen LogP contribution in [0.3, 0.4) is 0 Å². The first kappa shape index (κ1) is 24.3. The van der Waals surface area contributed by atoms with Gasteiger partial charge in [0.25, 0.3) is 7.82 Å². The van der Waals surface area contributed by atoms with Gasteiger partial charge in [0.15, 0.2) is 0 Å². The summed E-state index contributed by atoms with van der Waals surface area (Å²) in [5.74, 6) is 0. The maximum absolute atomic E-state index is 12.3. The molecule has 2 fully saturated rings. The first-order valence-corrected chi connectivity index (χ1v) is 10.9. The Morgan fingerprint density at radius 2 is 1.82 bits per heavy atom. The molecule has 0 aromatic rings. The third kappa shape index (κ3) is 7.07. The number of aliphatic hydroxyl groups is 1. The van der Waals surface area contributed by atoms with Crippen molar-refractivity contribution in [1.29, 1.82) is 0 Å². The minimum Gasteiger partial charge on any atom is -0.756 e. The van der Waals surface area contributed by atoms with Crippen LogP contribution in [0.25, 0.3) is 0 Å². The van der Waals surface area contributed by atoms with Crippen LogP contribution in [0.15, 0.2) is 0 Å². The van der Waals surface area contributed by atoms with Crippen molar-refractivity contribution >= 4 is 23.5 Å². The van der Waals surface area contributed by atoms with Crippen LogP contribution in [0.4, 0.5) is 0 Å². The van der Waals surface area contributed by atoms with Crippen molar-refractivity contribution in [2.75, 3.05) is 13.2 Å². The van der Waals surface area contributed by atoms with Gasteiger partial charge in [-0.05, 0) is 34.1 Å². The van der Waals surface area contributed by atoms with Gasteiger partial charge >= 0.3 is 0 Å². The Hall–Kier alpha value is 0.0399. The van der Waals surface area contributed by atoms with E-state index in [1.165, 1.54) is 0 Å². The lowest BCUT2D eigenvalue weighted by molar-refractivity contribution is -0.234. The zero-order chi connectivity index (χ0) is 21.1. The van der Waals surface area contributed by atoms with Crippen LogP contribution in [0.1, 0.15) is 34.1 Å². The van der Waals surface area contributed by atoms with E-state index >= 15 is 0 Å². The zero-order valence-corrected chi connectivity index (χ0v) is 17.5. The SMILES string of the molecule is [B][C@@H]1O[C@H](COP(=O)([O-])OC2C[C@H]([B])O[C@@H]2COC(C)C)C(OC(C)C)[C@@H]1O. The molecule has 158 valence electrons. The van der Waals surface area contributed by atoms with Gasteiger partial charge in [0.05, 0.1) is 31.5 Å². The van der Waals surface area contributed by atoms with Gasteiger partial charge in [-0.1, -0.05) is 0 Å². The van der Waals surface area contributed by atoms with Crippen molar-refractivity contribution in [1.82, 2.24) is 0 Å². The summed E-state index contributed by atoms with van der Waals surface area (Å²) in [7, 11) is 6.70. The van der Waals surface area contributed by atoms with E-state index in [4.69, 9.17) is 43.7 Å². The summed E-state index contributed by atoms with van der Waals surface area (Å²) in [6.07, 6.45) is -4.30. The van der Waals surface area contributed by atoms with Crippen LogP contribution < -0.4 is 4.89 Å². The second-order valence-corrected chi connectivity index (χ2v) is 8.86. The van der Waals surface area contributed by atoms with Crippen LogP contribution in [0.5, 0.6) is 0 Å². The molecule has 2 aliphatic heterocycles. The van der Waals surface area contributed by atoms with Crippen LogP contribution >= 0.6 is 7.82 Å². The highest BCUT2D eigenvalue weighted by atomic mass is 31.2. The van der Waals surface area contributed by atoms with Crippen molar-refractivity contribution in [3.63, 3.8) is 0 Å². The lowest BCUT2D eigenvalue weighted by atomic mass is 9.93. The number of hydrogen-bond acceptors (Lipinski definition) is 9. The van der Waals surface area contributed by atoms with Gasteiger partial charge < -0.3 is 38.0 Å². The van der Waals surface area contributed by atoms with Gasteiger partial charge in [0.1, 0.15) is 40.1 Å². The summed E-state index contributed by atoms with van der Waals surface area (Å²) in [6, 6.07) is -1.65. The van der Waals surface area contributed by atoms with Crippen LogP contribution in [0, 0.1) is 0 Å². The summed E-state index contributed by atoms with van der Waals surface area (Å²) >= 11 is 0. The largest absolute Gasteiger partial charge is 0.756 e. The molecular weight excluding hydrogens is 389 g/mol. The maximum Gasteiger partial charge on any atom is 0.268 e. The van der Waals surface area contributed by atoms with Crippen molar-refractivity contribution in [3.05, 3.63) is 0 Å². The highest BCUT2D eigenvalue weighted by molar-refractivity contribution is 7.45. The Kier molecular flexibility index (Phi) is 9.01. The van der Waals surface area contributed by atoms with E-state index in [-0.39, 0.29) is 25.2 Å². The van der Waals surface area contributed by atoms with Gasteiger partial charge in [-0.25, -0.2) is 0 Å². The Bertz CT molecular complexity index is 538. The van der Waals surface area contributed by atoms with Crippen LogP contribution in [0.2, 0.25) is 0 Å². The van der Waals surface area contributed by atoms with Gasteiger partial charge in [-0.15, -0.1) is 0 Å². The van der Waals surface area contributed by atoms with Gasteiger partial charge in [0, 0.05) is 12.0 Å². The Morgan fingerprint density at radius 3 is 2.43 bits per heavy atom. The molecule has 4 radical (unpaired) electrons. The lowest BCUT2D eigenvalue weighted by Crippen LogP contribution is -2.39. The number of ether oxygens (including phenoxy) is 4. The molecule has 2 aliphatic rings. The van der Waals surface area contributed by atoms with E-state index in [0.717, 1.165) is 0 Å². The minimum absolute atomic E-state index is 0.0515. The summed E-state index contributed by atoms with van der Waals surface area (Å²) in [5, 5.41) is 10.1. The average Bonchev–Trinajstić information content (AvgIpc) is 3.04. The molecule has 8 atom stereocenters. The van der Waals surface area contributed by atoms with Crippen molar-refractivity contribution in [2.24, 2.45) is 0 Å². The van der Waals surface area contributed by atoms with Gasteiger partial charge in [-0.2, -0.15) is 0 Å². The Morgan fingerprint density at radius 1 is 1.14 bits per heavy atom. The van der Waals surface area contributed by atoms with E-state index in [1.54, 1.807) is 13.8 Å². The molecule has 0 aromatic carbocycles. The Balaban J connectivity index is 1.90. The molecule has 0 spiro atoms. The quantitative estimate of drug-likeness (QED) is 0.375. The fourth-order valence-corrected chi connectivity index (χ4v) is 3.98. The molecule has 0 saturated carbocycles. The summed E-state index contributed by atoms with van der Waals surface area (Å²) < 4.78 is 44.2. The maximum atomic E-state index is 12.3. The molecule has 12 heteroatoms. The summed E-state index contributed by atoms with van der Waals surface area (Å²) in [5.41, 5.74) is 0. The normalized spacial score (nSPS) is 38.4. The summed E-state index contributed by atoms with van der Waals surface area (Å²) in [6.45, 7) is 6.99. The molecule has 0 aliphatic carbocycles. The molecule has 2 heterocycles. The predicted molar refractivity (Wildman–Crippen MR) is 99.0 cm³/mol. The first-order chi connectivity index (χ1) is 13.0. The second kappa shape index (κ2) is 10.4. The van der Waals surface area contributed by atoms with Crippen molar-refractivity contribution < 1.29 is 42.6 Å². The van der Waals surface area contributed by atoms with E-state index in [2.05, 4.69) is 0 Å². The fraction of sp³-hybridized carbons (Fsp3) is 1.00. The number of aliphatic hydroxyl groups excluding tert-OH is 1. The van der Waals surface area contributed by atoms with Crippen LogP contribution in [-0.4, -0.2) is 88.7 Å². The average molecular weight is 417 g/mol. The topological polar surface area (TPSA) is 116 Å². The third-order valence-corrected chi connectivity index (χ3v) is 5.28. The lowest BCUT2D eigenvalue weighted by Gasteiger charge is -2.30. The number of rotatable bonds is 10. The standard InChI is InChI=1S/C16H29B2O9P/c1-8(2)22-6-11-10(5-13(17)25-11)27-28(20,21)23-7-12-15(24-9(3)4)14(19)16(18)26-12/h8-16,19H,5-7H2,1-4H3,(H,20,21)/p-1/t10?,11-,12-,13-,14+,15?,16-/m1/s1. The summed E-state index contributed by atoms with van der Waals surface area (Å²) in [4.78, 5) is 12.3. The molecule has 28 heavy (non-hydrogen) atoms. The second-order valence-electron chi connectivity index (χ2n) is 7.50. The molecule has 9 nitrogen and oxygen atoms in total. The molecule has 3 unspecified atom stereocenters. The monoisotopic (exact) mass is 417 g/mol. The molecular formula is C16H28B2O9P-. The molecule has 2 saturated heterocycles. The molecule has 0 bridgehead atoms. The van der Waals surface area contributed by atoms with Gasteiger partial charge in [-0.3, -0.25) is 4.57 Å².